The van der Waals surface area contributed by atoms with Gasteiger partial charge < -0.3 is 16.4 Å². The molecule has 0 spiro atoms. The summed E-state index contributed by atoms with van der Waals surface area (Å²) in [5.74, 6) is -0.667. The zero-order valence-corrected chi connectivity index (χ0v) is 18.4. The van der Waals surface area contributed by atoms with Crippen LogP contribution < -0.4 is 27.2 Å². The van der Waals surface area contributed by atoms with Gasteiger partial charge in [0.25, 0.3) is 5.56 Å². The summed E-state index contributed by atoms with van der Waals surface area (Å²) < 4.78 is 14.6. The van der Waals surface area contributed by atoms with Crippen LogP contribution in [0.1, 0.15) is 12.0 Å². The first-order valence-corrected chi connectivity index (χ1v) is 10.5. The van der Waals surface area contributed by atoms with E-state index >= 15 is 0 Å². The van der Waals surface area contributed by atoms with E-state index in [1.165, 1.54) is 18.3 Å². The number of urea groups is 1. The highest BCUT2D eigenvalue weighted by Gasteiger charge is 2.13. The number of H-pyrrole nitrogens is 1. The largest absolute Gasteiger partial charge is 0.330 e. The minimum Gasteiger partial charge on any atom is -0.330 e. The molecular formula is C21H21Cl2FN6O2. The maximum atomic E-state index is 14.6. The van der Waals surface area contributed by atoms with E-state index in [9.17, 15) is 14.0 Å². The summed E-state index contributed by atoms with van der Waals surface area (Å²) in [7, 11) is 0. The zero-order chi connectivity index (χ0) is 23.1. The minimum absolute atomic E-state index is 0.0361. The Morgan fingerprint density at radius 2 is 1.97 bits per heavy atom. The molecule has 0 radical (unpaired) electrons. The van der Waals surface area contributed by atoms with Gasteiger partial charge in [-0.3, -0.25) is 15.1 Å². The molecule has 1 aromatic heterocycles. The van der Waals surface area contributed by atoms with Crippen LogP contribution in [0.25, 0.3) is 11.1 Å². The molecule has 0 atom stereocenters. The SMILES string of the molecule is NCCCNCc1ccc(-c2cnc(NC(=O)Nc3cccc(Cl)c3Cl)[nH]c2=O)c(F)c1. The number of benzene rings is 2. The third-order valence-electron chi connectivity index (χ3n) is 4.44. The molecule has 168 valence electrons. The molecule has 6 N–H and O–H groups in total. The molecule has 0 saturated heterocycles. The first-order valence-electron chi connectivity index (χ1n) is 9.70. The van der Waals surface area contributed by atoms with Crippen molar-refractivity contribution in [2.45, 2.75) is 13.0 Å². The van der Waals surface area contributed by atoms with Gasteiger partial charge in [0.15, 0.2) is 0 Å². The lowest BCUT2D eigenvalue weighted by Gasteiger charge is -2.10. The van der Waals surface area contributed by atoms with Gasteiger partial charge in [0.05, 0.1) is 21.3 Å². The average molecular weight is 479 g/mol. The van der Waals surface area contributed by atoms with Crippen LogP contribution in [0, 0.1) is 5.82 Å². The number of nitrogens with one attached hydrogen (secondary N) is 4. The molecule has 0 bridgehead atoms. The number of rotatable bonds is 8. The van der Waals surface area contributed by atoms with Gasteiger partial charge in [-0.1, -0.05) is 41.4 Å². The lowest BCUT2D eigenvalue weighted by molar-refractivity contribution is 0.262. The fourth-order valence-electron chi connectivity index (χ4n) is 2.86. The molecule has 2 aromatic carbocycles. The van der Waals surface area contributed by atoms with E-state index in [1.807, 2.05) is 0 Å². The van der Waals surface area contributed by atoms with Crippen LogP contribution in [-0.2, 0) is 6.54 Å². The normalized spacial score (nSPS) is 10.8. The van der Waals surface area contributed by atoms with Crippen LogP contribution in [0.3, 0.4) is 0 Å². The molecule has 0 aliphatic rings. The van der Waals surface area contributed by atoms with Crippen molar-refractivity contribution in [1.29, 1.82) is 0 Å². The summed E-state index contributed by atoms with van der Waals surface area (Å²) in [4.78, 5) is 31.0. The third kappa shape index (κ3) is 6.04. The average Bonchev–Trinajstić information content (AvgIpc) is 2.75. The zero-order valence-electron chi connectivity index (χ0n) is 16.8. The molecule has 0 saturated carbocycles. The van der Waals surface area contributed by atoms with Gasteiger partial charge in [0.1, 0.15) is 5.82 Å². The van der Waals surface area contributed by atoms with E-state index in [0.29, 0.717) is 13.1 Å². The van der Waals surface area contributed by atoms with E-state index in [1.54, 1.807) is 24.3 Å². The monoisotopic (exact) mass is 478 g/mol. The number of amides is 2. The number of hydrogen-bond donors (Lipinski definition) is 5. The number of aromatic amines is 1. The lowest BCUT2D eigenvalue weighted by Crippen LogP contribution is -2.23. The Hall–Kier alpha value is -2.98. The summed E-state index contributed by atoms with van der Waals surface area (Å²) in [5, 5.41) is 8.50. The minimum atomic E-state index is -0.692. The molecule has 2 amide bonds. The first-order chi connectivity index (χ1) is 15.4. The van der Waals surface area contributed by atoms with E-state index in [-0.39, 0.29) is 32.8 Å². The van der Waals surface area contributed by atoms with Crippen LogP contribution in [0.5, 0.6) is 0 Å². The summed E-state index contributed by atoms with van der Waals surface area (Å²) in [6, 6.07) is 8.67. The second kappa shape index (κ2) is 11.1. The van der Waals surface area contributed by atoms with Crippen molar-refractivity contribution >= 4 is 40.9 Å². The van der Waals surface area contributed by atoms with Crippen molar-refractivity contribution in [3.63, 3.8) is 0 Å². The van der Waals surface area contributed by atoms with Gasteiger partial charge >= 0.3 is 6.03 Å². The fraction of sp³-hybridized carbons (Fsp3) is 0.190. The van der Waals surface area contributed by atoms with Crippen molar-refractivity contribution in [2.24, 2.45) is 5.73 Å². The van der Waals surface area contributed by atoms with Gasteiger partial charge in [0.2, 0.25) is 5.95 Å². The molecule has 1 heterocycles. The highest BCUT2D eigenvalue weighted by atomic mass is 35.5. The highest BCUT2D eigenvalue weighted by molar-refractivity contribution is 6.44. The number of nitrogens with zero attached hydrogens (tertiary/aromatic N) is 1. The van der Waals surface area contributed by atoms with Crippen molar-refractivity contribution in [3.05, 3.63) is 74.4 Å². The second-order valence-electron chi connectivity index (χ2n) is 6.79. The third-order valence-corrected chi connectivity index (χ3v) is 5.26. The number of carbonyl (C=O) groups excluding carboxylic acids is 1. The Morgan fingerprint density at radius 1 is 1.16 bits per heavy atom. The molecule has 0 fully saturated rings. The Morgan fingerprint density at radius 3 is 2.69 bits per heavy atom. The van der Waals surface area contributed by atoms with Crippen molar-refractivity contribution in [3.8, 4) is 11.1 Å². The second-order valence-corrected chi connectivity index (χ2v) is 7.57. The van der Waals surface area contributed by atoms with Gasteiger partial charge in [-0.15, -0.1) is 0 Å². The molecule has 32 heavy (non-hydrogen) atoms. The van der Waals surface area contributed by atoms with Gasteiger partial charge in [-0.25, -0.2) is 14.2 Å². The molecular weight excluding hydrogens is 458 g/mol. The summed E-state index contributed by atoms with van der Waals surface area (Å²) in [6.45, 7) is 1.80. The molecule has 0 aliphatic carbocycles. The van der Waals surface area contributed by atoms with Crippen LogP contribution >= 0.6 is 23.2 Å². The van der Waals surface area contributed by atoms with Crippen LogP contribution in [0.4, 0.5) is 20.8 Å². The van der Waals surface area contributed by atoms with Crippen molar-refractivity contribution < 1.29 is 9.18 Å². The molecule has 0 unspecified atom stereocenters. The lowest BCUT2D eigenvalue weighted by atomic mass is 10.1. The van der Waals surface area contributed by atoms with E-state index in [2.05, 4.69) is 25.9 Å². The molecule has 3 rings (SSSR count). The Bertz CT molecular complexity index is 1170. The van der Waals surface area contributed by atoms with Gasteiger partial charge in [-0.05, 0) is 43.3 Å². The Labute approximate surface area is 193 Å². The van der Waals surface area contributed by atoms with E-state index in [4.69, 9.17) is 28.9 Å². The predicted molar refractivity (Wildman–Crippen MR) is 125 cm³/mol. The van der Waals surface area contributed by atoms with Crippen molar-refractivity contribution in [2.75, 3.05) is 23.7 Å². The molecule has 3 aromatic rings. The van der Waals surface area contributed by atoms with Crippen LogP contribution in [0.2, 0.25) is 10.0 Å². The summed E-state index contributed by atoms with van der Waals surface area (Å²) >= 11 is 11.9. The fourth-order valence-corrected chi connectivity index (χ4v) is 3.21. The van der Waals surface area contributed by atoms with Crippen LogP contribution in [0.15, 0.2) is 47.4 Å². The Kier molecular flexibility index (Phi) is 8.18. The number of aromatic nitrogens is 2. The molecule has 11 heteroatoms. The molecule has 0 aliphatic heterocycles. The van der Waals surface area contributed by atoms with E-state index in [0.717, 1.165) is 18.5 Å². The quantitative estimate of drug-likeness (QED) is 0.313. The number of nitrogens with two attached hydrogens (primary N) is 1. The number of halogens is 3. The predicted octanol–water partition coefficient (Wildman–Crippen LogP) is 3.97. The van der Waals surface area contributed by atoms with Crippen LogP contribution in [-0.4, -0.2) is 29.1 Å². The maximum absolute atomic E-state index is 14.6. The van der Waals surface area contributed by atoms with E-state index < -0.39 is 17.4 Å². The smallest absolute Gasteiger partial charge is 0.326 e. The topological polar surface area (TPSA) is 125 Å². The standard InChI is InChI=1S/C21H21Cl2FN6O2/c22-15-3-1-4-17(18(15)23)28-21(32)30-20-27-11-14(19(31)29-20)13-6-5-12(9-16(13)24)10-26-8-2-7-25/h1,3-6,9,11,26H,2,7-8,10,25H2,(H3,27,28,29,30,31,32). The number of carbonyl (C=O) groups is 1. The molecule has 8 nitrogen and oxygen atoms in total. The van der Waals surface area contributed by atoms with Gasteiger partial charge in [0, 0.05) is 18.3 Å². The summed E-state index contributed by atoms with van der Waals surface area (Å²) in [5.41, 5.74) is 6.00. The highest BCUT2D eigenvalue weighted by Crippen LogP contribution is 2.29. The first kappa shape index (κ1) is 23.7. The summed E-state index contributed by atoms with van der Waals surface area (Å²) in [6.07, 6.45) is 2.02. The number of anilines is 2. The maximum Gasteiger partial charge on any atom is 0.326 e. The van der Waals surface area contributed by atoms with Gasteiger partial charge in [-0.2, -0.15) is 0 Å². The van der Waals surface area contributed by atoms with Crippen molar-refractivity contribution in [1.82, 2.24) is 15.3 Å². The Balaban J connectivity index is 1.69. The number of hydrogen-bond acceptors (Lipinski definition) is 5.